The molecule has 1 saturated heterocycles. The fourth-order valence-corrected chi connectivity index (χ4v) is 2.00. The third kappa shape index (κ3) is 3.80. The van der Waals surface area contributed by atoms with Crippen LogP contribution < -0.4 is 4.74 Å². The molecule has 0 aliphatic carbocycles. The Kier molecular flexibility index (Phi) is 5.30. The normalized spacial score (nSPS) is 21.6. The molecule has 0 spiro atoms. The van der Waals surface area contributed by atoms with E-state index in [0.29, 0.717) is 18.8 Å². The Morgan fingerprint density at radius 2 is 2.00 bits per heavy atom. The molecule has 0 bridgehead atoms. The van der Waals surface area contributed by atoms with Crippen LogP contribution in [0.5, 0.6) is 5.75 Å². The Morgan fingerprint density at radius 1 is 1.29 bits per heavy atom. The minimum Gasteiger partial charge on any atom is -0.497 e. The molecule has 1 aliphatic heterocycles. The molecule has 0 amide bonds. The second-order valence-electron chi connectivity index (χ2n) is 4.47. The SMILES string of the molecule is CCOC(=O)C(=O)[C@H]1CCO[C@@H](c2ccc(OC)cc2)O1. The summed E-state index contributed by atoms with van der Waals surface area (Å²) in [6.45, 7) is 2.15. The first-order valence-corrected chi connectivity index (χ1v) is 6.77. The minimum absolute atomic E-state index is 0.162. The zero-order chi connectivity index (χ0) is 15.2. The average molecular weight is 294 g/mol. The van der Waals surface area contributed by atoms with Crippen molar-refractivity contribution in [1.29, 1.82) is 0 Å². The van der Waals surface area contributed by atoms with Crippen LogP contribution in [0.2, 0.25) is 0 Å². The van der Waals surface area contributed by atoms with Gasteiger partial charge in [0, 0.05) is 12.0 Å². The van der Waals surface area contributed by atoms with Crippen molar-refractivity contribution in [3.05, 3.63) is 29.8 Å². The van der Waals surface area contributed by atoms with E-state index in [9.17, 15) is 9.59 Å². The van der Waals surface area contributed by atoms with Crippen LogP contribution >= 0.6 is 0 Å². The fourth-order valence-electron chi connectivity index (χ4n) is 2.00. The van der Waals surface area contributed by atoms with Crippen LogP contribution in [0, 0.1) is 0 Å². The van der Waals surface area contributed by atoms with E-state index in [1.54, 1.807) is 38.3 Å². The summed E-state index contributed by atoms with van der Waals surface area (Å²) in [7, 11) is 1.58. The Balaban J connectivity index is 2.02. The first kappa shape index (κ1) is 15.5. The summed E-state index contributed by atoms with van der Waals surface area (Å²) in [5, 5.41) is 0. The van der Waals surface area contributed by atoms with Crippen molar-refractivity contribution in [1.82, 2.24) is 0 Å². The molecule has 0 unspecified atom stereocenters. The third-order valence-electron chi connectivity index (χ3n) is 3.09. The number of methoxy groups -OCH3 is 1. The molecule has 0 aromatic heterocycles. The molecule has 114 valence electrons. The lowest BCUT2D eigenvalue weighted by Gasteiger charge is -2.29. The summed E-state index contributed by atoms with van der Waals surface area (Å²) < 4.78 is 20.8. The van der Waals surface area contributed by atoms with Gasteiger partial charge in [-0.3, -0.25) is 4.79 Å². The summed E-state index contributed by atoms with van der Waals surface area (Å²) in [5.74, 6) is -0.815. The van der Waals surface area contributed by atoms with Crippen molar-refractivity contribution in [2.75, 3.05) is 20.3 Å². The number of esters is 1. The predicted molar refractivity (Wildman–Crippen MR) is 72.8 cm³/mol. The maximum absolute atomic E-state index is 11.9. The maximum atomic E-state index is 11.9. The van der Waals surface area contributed by atoms with Crippen LogP contribution in [0.1, 0.15) is 25.2 Å². The van der Waals surface area contributed by atoms with Crippen LogP contribution in [0.15, 0.2) is 24.3 Å². The quantitative estimate of drug-likeness (QED) is 0.607. The number of ketones is 1. The number of Topliss-reactive ketones (excluding diaryl/α,β-unsaturated/α-hetero) is 1. The van der Waals surface area contributed by atoms with E-state index < -0.39 is 24.1 Å². The van der Waals surface area contributed by atoms with Crippen molar-refractivity contribution in [3.63, 3.8) is 0 Å². The van der Waals surface area contributed by atoms with Gasteiger partial charge in [-0.2, -0.15) is 0 Å². The molecule has 1 aromatic carbocycles. The number of benzene rings is 1. The maximum Gasteiger partial charge on any atom is 0.377 e. The zero-order valence-corrected chi connectivity index (χ0v) is 12.0. The van der Waals surface area contributed by atoms with E-state index in [2.05, 4.69) is 0 Å². The highest BCUT2D eigenvalue weighted by molar-refractivity contribution is 6.35. The number of carbonyl (C=O) groups is 2. The monoisotopic (exact) mass is 294 g/mol. The van der Waals surface area contributed by atoms with E-state index in [4.69, 9.17) is 18.9 Å². The molecule has 0 N–H and O–H groups in total. The van der Waals surface area contributed by atoms with Gasteiger partial charge in [0.2, 0.25) is 0 Å². The van der Waals surface area contributed by atoms with Crippen LogP contribution in [0.3, 0.4) is 0 Å². The number of hydrogen-bond acceptors (Lipinski definition) is 6. The zero-order valence-electron chi connectivity index (χ0n) is 12.0. The minimum atomic E-state index is -0.863. The van der Waals surface area contributed by atoms with Gasteiger partial charge in [-0.15, -0.1) is 0 Å². The number of rotatable bonds is 5. The Labute approximate surface area is 122 Å². The molecule has 2 rings (SSSR count). The molecule has 6 heteroatoms. The Morgan fingerprint density at radius 3 is 2.62 bits per heavy atom. The molecule has 1 aliphatic rings. The second kappa shape index (κ2) is 7.19. The largest absolute Gasteiger partial charge is 0.497 e. The third-order valence-corrected chi connectivity index (χ3v) is 3.09. The lowest BCUT2D eigenvalue weighted by molar-refractivity contribution is -0.217. The summed E-state index contributed by atoms with van der Waals surface area (Å²) in [5.41, 5.74) is 0.761. The molecule has 1 heterocycles. The first-order chi connectivity index (χ1) is 10.2. The van der Waals surface area contributed by atoms with Crippen molar-refractivity contribution in [2.24, 2.45) is 0 Å². The van der Waals surface area contributed by atoms with Gasteiger partial charge in [-0.1, -0.05) is 12.1 Å². The molecule has 6 nitrogen and oxygen atoms in total. The number of hydrogen-bond donors (Lipinski definition) is 0. The van der Waals surface area contributed by atoms with E-state index in [1.165, 1.54) is 0 Å². The standard InChI is InChI=1S/C15H18O6/c1-3-19-14(17)13(16)12-8-9-20-15(21-12)10-4-6-11(18-2)7-5-10/h4-7,12,15H,3,8-9H2,1-2H3/t12-,15-/m1/s1. The highest BCUT2D eigenvalue weighted by atomic mass is 16.7. The molecular formula is C15H18O6. The molecular weight excluding hydrogens is 276 g/mol. The summed E-state index contributed by atoms with van der Waals surface area (Å²) in [6, 6.07) is 7.14. The smallest absolute Gasteiger partial charge is 0.377 e. The van der Waals surface area contributed by atoms with Gasteiger partial charge in [0.25, 0.3) is 5.78 Å². The summed E-state index contributed by atoms with van der Waals surface area (Å²) in [6.07, 6.45) is -1.16. The van der Waals surface area contributed by atoms with Crippen molar-refractivity contribution in [3.8, 4) is 5.75 Å². The topological polar surface area (TPSA) is 71.1 Å². The van der Waals surface area contributed by atoms with Crippen molar-refractivity contribution >= 4 is 11.8 Å². The molecule has 0 radical (unpaired) electrons. The van der Waals surface area contributed by atoms with Gasteiger partial charge in [-0.25, -0.2) is 4.79 Å². The van der Waals surface area contributed by atoms with Gasteiger partial charge >= 0.3 is 5.97 Å². The first-order valence-electron chi connectivity index (χ1n) is 6.77. The molecule has 21 heavy (non-hydrogen) atoms. The van der Waals surface area contributed by atoms with Crippen LogP contribution in [-0.4, -0.2) is 38.2 Å². The van der Waals surface area contributed by atoms with Gasteiger partial charge in [0.1, 0.15) is 11.9 Å². The predicted octanol–water partition coefficient (Wildman–Crippen LogP) is 1.63. The van der Waals surface area contributed by atoms with Crippen LogP contribution in [0.25, 0.3) is 0 Å². The van der Waals surface area contributed by atoms with Crippen molar-refractivity contribution < 1.29 is 28.5 Å². The lowest BCUT2D eigenvalue weighted by Crippen LogP contribution is -2.38. The molecule has 1 aromatic rings. The van der Waals surface area contributed by atoms with E-state index in [1.807, 2.05) is 0 Å². The van der Waals surface area contributed by atoms with Crippen molar-refractivity contribution in [2.45, 2.75) is 25.7 Å². The summed E-state index contributed by atoms with van der Waals surface area (Å²) in [4.78, 5) is 23.4. The van der Waals surface area contributed by atoms with Gasteiger partial charge in [0.15, 0.2) is 6.29 Å². The van der Waals surface area contributed by atoms with Gasteiger partial charge < -0.3 is 18.9 Å². The molecule has 0 saturated carbocycles. The highest BCUT2D eigenvalue weighted by Crippen LogP contribution is 2.28. The Bertz CT molecular complexity index is 495. The van der Waals surface area contributed by atoms with E-state index in [0.717, 1.165) is 5.56 Å². The molecule has 2 atom stereocenters. The van der Waals surface area contributed by atoms with Crippen LogP contribution in [0.4, 0.5) is 0 Å². The van der Waals surface area contributed by atoms with E-state index in [-0.39, 0.29) is 6.61 Å². The fraction of sp³-hybridized carbons (Fsp3) is 0.467. The second-order valence-corrected chi connectivity index (χ2v) is 4.47. The Hall–Kier alpha value is -1.92. The van der Waals surface area contributed by atoms with E-state index >= 15 is 0 Å². The van der Waals surface area contributed by atoms with Gasteiger partial charge in [-0.05, 0) is 19.1 Å². The summed E-state index contributed by atoms with van der Waals surface area (Å²) >= 11 is 0. The van der Waals surface area contributed by atoms with Crippen LogP contribution in [-0.2, 0) is 23.8 Å². The highest BCUT2D eigenvalue weighted by Gasteiger charge is 2.33. The molecule has 1 fully saturated rings. The number of carbonyl (C=O) groups excluding carboxylic acids is 2. The van der Waals surface area contributed by atoms with Gasteiger partial charge in [0.05, 0.1) is 20.3 Å². The average Bonchev–Trinajstić information content (AvgIpc) is 2.54. The lowest BCUT2D eigenvalue weighted by atomic mass is 10.1. The number of ether oxygens (including phenoxy) is 4.